The van der Waals surface area contributed by atoms with E-state index in [0.29, 0.717) is 6.42 Å². The molecule has 5 heteroatoms. The van der Waals surface area contributed by atoms with Crippen LogP contribution in [0.4, 0.5) is 0 Å². The lowest BCUT2D eigenvalue weighted by atomic mass is 10.0. The van der Waals surface area contributed by atoms with Crippen LogP contribution in [0.15, 0.2) is 15.9 Å². The van der Waals surface area contributed by atoms with Gasteiger partial charge in [-0.05, 0) is 34.8 Å². The van der Waals surface area contributed by atoms with Crippen LogP contribution < -0.4 is 5.73 Å². The van der Waals surface area contributed by atoms with Crippen molar-refractivity contribution in [2.24, 2.45) is 5.73 Å². The Kier molecular flexibility index (Phi) is 3.66. The van der Waals surface area contributed by atoms with Crippen LogP contribution in [0.2, 0.25) is 0 Å². The van der Waals surface area contributed by atoms with E-state index < -0.39 is 0 Å². The summed E-state index contributed by atoms with van der Waals surface area (Å²) in [5.41, 5.74) is 6.17. The molecule has 0 bridgehead atoms. The van der Waals surface area contributed by atoms with Gasteiger partial charge in [-0.25, -0.2) is 0 Å². The number of likely N-dealkylation sites (N-methyl/N-ethyl adjacent to an activating group) is 1. The largest absolute Gasteiger partial charge is 0.336 e. The fourth-order valence-electron chi connectivity index (χ4n) is 2.15. The van der Waals surface area contributed by atoms with Gasteiger partial charge in [-0.3, -0.25) is 4.79 Å². The number of thiophene rings is 1. The Bertz CT molecular complexity index is 393. The molecule has 88 valence electrons. The third-order valence-electron chi connectivity index (χ3n) is 3.02. The second-order valence-electron chi connectivity index (χ2n) is 4.17. The minimum absolute atomic E-state index is 0.0336. The van der Waals surface area contributed by atoms with Gasteiger partial charge in [-0.1, -0.05) is 0 Å². The van der Waals surface area contributed by atoms with Crippen LogP contribution >= 0.6 is 27.3 Å². The van der Waals surface area contributed by atoms with Crippen molar-refractivity contribution in [3.63, 3.8) is 0 Å². The summed E-state index contributed by atoms with van der Waals surface area (Å²) in [5, 5.41) is 2.03. The molecule has 0 aliphatic carbocycles. The zero-order chi connectivity index (χ0) is 11.7. The molecule has 2 rings (SSSR count). The van der Waals surface area contributed by atoms with Crippen LogP contribution in [0.25, 0.3) is 0 Å². The molecule has 1 amide bonds. The van der Waals surface area contributed by atoms with Crippen molar-refractivity contribution < 1.29 is 4.79 Å². The second kappa shape index (κ2) is 4.85. The number of halogens is 1. The number of carbonyl (C=O) groups is 1. The van der Waals surface area contributed by atoms with Crippen molar-refractivity contribution in [1.29, 1.82) is 0 Å². The third-order valence-corrected chi connectivity index (χ3v) is 4.79. The van der Waals surface area contributed by atoms with Gasteiger partial charge in [0.25, 0.3) is 0 Å². The lowest BCUT2D eigenvalue weighted by molar-refractivity contribution is -0.131. The summed E-state index contributed by atoms with van der Waals surface area (Å²) in [6.07, 6.45) is 2.43. The molecular formula is C11H15BrN2OS. The molecule has 1 saturated heterocycles. The highest BCUT2D eigenvalue weighted by Gasteiger charge is 2.31. The molecular weight excluding hydrogens is 288 g/mol. The van der Waals surface area contributed by atoms with E-state index in [4.69, 9.17) is 5.73 Å². The SMILES string of the molecule is CN1C(=O)CCCC(N)C1c1cc(Br)cs1. The molecule has 3 nitrogen and oxygen atoms in total. The van der Waals surface area contributed by atoms with Gasteiger partial charge in [0.1, 0.15) is 0 Å². The Balaban J connectivity index is 2.31. The van der Waals surface area contributed by atoms with E-state index in [2.05, 4.69) is 22.0 Å². The lowest BCUT2D eigenvalue weighted by Gasteiger charge is -2.29. The van der Waals surface area contributed by atoms with E-state index in [1.54, 1.807) is 16.2 Å². The number of nitrogens with two attached hydrogens (primary N) is 1. The van der Waals surface area contributed by atoms with Crippen molar-refractivity contribution in [3.05, 3.63) is 20.8 Å². The third kappa shape index (κ3) is 2.31. The molecule has 1 fully saturated rings. The summed E-state index contributed by atoms with van der Waals surface area (Å²) in [7, 11) is 1.85. The average molecular weight is 303 g/mol. The lowest BCUT2D eigenvalue weighted by Crippen LogP contribution is -2.39. The smallest absolute Gasteiger partial charge is 0.222 e. The van der Waals surface area contributed by atoms with Gasteiger partial charge in [-0.15, -0.1) is 11.3 Å². The molecule has 2 unspecified atom stereocenters. The predicted molar refractivity (Wildman–Crippen MR) is 69.4 cm³/mol. The van der Waals surface area contributed by atoms with Gasteiger partial charge in [0.05, 0.1) is 6.04 Å². The molecule has 1 aliphatic heterocycles. The summed E-state index contributed by atoms with van der Waals surface area (Å²) in [6, 6.07) is 2.14. The van der Waals surface area contributed by atoms with Gasteiger partial charge in [0.2, 0.25) is 5.91 Å². The van der Waals surface area contributed by atoms with Crippen LogP contribution in [0.5, 0.6) is 0 Å². The summed E-state index contributed by atoms with van der Waals surface area (Å²) < 4.78 is 1.06. The van der Waals surface area contributed by atoms with E-state index >= 15 is 0 Å². The predicted octanol–water partition coefficient (Wildman–Crippen LogP) is 2.52. The Hall–Kier alpha value is -0.390. The topological polar surface area (TPSA) is 46.3 Å². The maximum atomic E-state index is 11.8. The first kappa shape index (κ1) is 12.1. The van der Waals surface area contributed by atoms with Crippen molar-refractivity contribution >= 4 is 33.2 Å². The van der Waals surface area contributed by atoms with E-state index in [1.807, 2.05) is 12.4 Å². The number of rotatable bonds is 1. The maximum Gasteiger partial charge on any atom is 0.222 e. The monoisotopic (exact) mass is 302 g/mol. The molecule has 0 radical (unpaired) electrons. The Morgan fingerprint density at radius 3 is 3.00 bits per heavy atom. The second-order valence-corrected chi connectivity index (χ2v) is 6.03. The van der Waals surface area contributed by atoms with Crippen molar-refractivity contribution in [3.8, 4) is 0 Å². The Labute approximate surface area is 108 Å². The van der Waals surface area contributed by atoms with Crippen molar-refractivity contribution in [2.75, 3.05) is 7.05 Å². The number of hydrogen-bond acceptors (Lipinski definition) is 3. The molecule has 1 aliphatic rings. The zero-order valence-corrected chi connectivity index (χ0v) is 11.6. The summed E-state index contributed by atoms with van der Waals surface area (Å²) in [6.45, 7) is 0. The van der Waals surface area contributed by atoms with Gasteiger partial charge < -0.3 is 10.6 Å². The van der Waals surface area contributed by atoms with Crippen molar-refractivity contribution in [2.45, 2.75) is 31.3 Å². The van der Waals surface area contributed by atoms with E-state index in [-0.39, 0.29) is 18.0 Å². The Morgan fingerprint density at radius 1 is 1.62 bits per heavy atom. The molecule has 1 aromatic heterocycles. The fourth-order valence-corrected chi connectivity index (χ4v) is 3.81. The molecule has 0 saturated carbocycles. The van der Waals surface area contributed by atoms with Crippen LogP contribution in [0.3, 0.4) is 0 Å². The van der Waals surface area contributed by atoms with E-state index in [1.165, 1.54) is 0 Å². The number of amides is 1. The highest BCUT2D eigenvalue weighted by Crippen LogP contribution is 2.34. The van der Waals surface area contributed by atoms with Gasteiger partial charge in [0.15, 0.2) is 0 Å². The highest BCUT2D eigenvalue weighted by atomic mass is 79.9. The summed E-state index contributed by atoms with van der Waals surface area (Å²) in [5.74, 6) is 0.197. The first-order valence-electron chi connectivity index (χ1n) is 5.35. The normalized spacial score (nSPS) is 26.9. The number of nitrogens with zero attached hydrogens (tertiary/aromatic N) is 1. The number of likely N-dealkylation sites (tertiary alicyclic amines) is 1. The summed E-state index contributed by atoms with van der Waals surface area (Å²) >= 11 is 5.09. The first-order valence-corrected chi connectivity index (χ1v) is 7.02. The Morgan fingerprint density at radius 2 is 2.38 bits per heavy atom. The minimum Gasteiger partial charge on any atom is -0.336 e. The molecule has 1 aromatic rings. The molecule has 2 atom stereocenters. The van der Waals surface area contributed by atoms with E-state index in [9.17, 15) is 4.79 Å². The molecule has 2 N–H and O–H groups in total. The van der Waals surface area contributed by atoms with Gasteiger partial charge in [-0.2, -0.15) is 0 Å². The van der Waals surface area contributed by atoms with Crippen LogP contribution in [-0.4, -0.2) is 23.9 Å². The standard InChI is InChI=1S/C11H15BrN2OS/c1-14-10(15)4-2-3-8(13)11(14)9-5-7(12)6-16-9/h5-6,8,11H,2-4,13H2,1H3. The minimum atomic E-state index is 0.0336. The maximum absolute atomic E-state index is 11.8. The van der Waals surface area contributed by atoms with Gasteiger partial charge >= 0.3 is 0 Å². The molecule has 2 heterocycles. The fraction of sp³-hybridized carbons (Fsp3) is 0.545. The van der Waals surface area contributed by atoms with Crippen LogP contribution in [-0.2, 0) is 4.79 Å². The zero-order valence-electron chi connectivity index (χ0n) is 9.15. The number of hydrogen-bond donors (Lipinski definition) is 1. The average Bonchev–Trinajstić information content (AvgIpc) is 2.59. The molecule has 0 spiro atoms. The van der Waals surface area contributed by atoms with Crippen molar-refractivity contribution in [1.82, 2.24) is 4.90 Å². The number of carbonyl (C=O) groups excluding carboxylic acids is 1. The van der Waals surface area contributed by atoms with Crippen LogP contribution in [0.1, 0.15) is 30.2 Å². The van der Waals surface area contributed by atoms with Crippen LogP contribution in [0, 0.1) is 0 Å². The highest BCUT2D eigenvalue weighted by molar-refractivity contribution is 9.10. The van der Waals surface area contributed by atoms with E-state index in [0.717, 1.165) is 22.2 Å². The quantitative estimate of drug-likeness (QED) is 0.866. The first-order chi connectivity index (χ1) is 7.59. The summed E-state index contributed by atoms with van der Waals surface area (Å²) in [4.78, 5) is 14.8. The van der Waals surface area contributed by atoms with Gasteiger partial charge in [0, 0.05) is 34.2 Å². The molecule has 16 heavy (non-hydrogen) atoms. The molecule has 0 aromatic carbocycles.